The van der Waals surface area contributed by atoms with E-state index in [4.69, 9.17) is 5.26 Å². The number of hydrogen-bond acceptors (Lipinski definition) is 3. The molecule has 1 N–H and O–H groups in total. The standard InChI is InChI=1S/C10H13N3O2.C2H6/c1-8-7-13(6-4-2-3-5-11)10(15)12-9(8)14;1-2/h7H,2-4,6H2,1H3,(H,12,14,15);1-2H3. The van der Waals surface area contributed by atoms with Crippen molar-refractivity contribution < 1.29 is 0 Å². The first-order valence-electron chi connectivity index (χ1n) is 5.82. The van der Waals surface area contributed by atoms with Gasteiger partial charge in [-0.1, -0.05) is 13.8 Å². The first-order valence-corrected chi connectivity index (χ1v) is 5.82. The number of hydrogen-bond donors (Lipinski definition) is 1. The number of aromatic nitrogens is 2. The van der Waals surface area contributed by atoms with E-state index in [1.807, 2.05) is 19.9 Å². The van der Waals surface area contributed by atoms with Gasteiger partial charge < -0.3 is 4.57 Å². The Hall–Kier alpha value is -1.83. The topological polar surface area (TPSA) is 78.7 Å². The number of rotatable bonds is 4. The SMILES string of the molecule is CC.Cc1cn(CCCCC#N)c(=O)[nH]c1=O. The van der Waals surface area contributed by atoms with Crippen LogP contribution in [-0.2, 0) is 6.54 Å². The minimum atomic E-state index is -0.387. The van der Waals surface area contributed by atoms with E-state index in [1.54, 1.807) is 13.1 Å². The molecule has 0 fully saturated rings. The molecule has 0 amide bonds. The van der Waals surface area contributed by atoms with Crippen LogP contribution in [0.2, 0.25) is 0 Å². The molecular weight excluding hydrogens is 218 g/mol. The van der Waals surface area contributed by atoms with Gasteiger partial charge in [0, 0.05) is 24.7 Å². The van der Waals surface area contributed by atoms with Crippen molar-refractivity contribution >= 4 is 0 Å². The fourth-order valence-electron chi connectivity index (χ4n) is 1.27. The molecule has 0 bridgehead atoms. The second-order valence-electron chi connectivity index (χ2n) is 3.38. The number of nitrogens with one attached hydrogen (secondary N) is 1. The van der Waals surface area contributed by atoms with Gasteiger partial charge in [-0.05, 0) is 19.8 Å². The highest BCUT2D eigenvalue weighted by Crippen LogP contribution is 1.96. The van der Waals surface area contributed by atoms with Crippen molar-refractivity contribution in [3.05, 3.63) is 32.6 Å². The summed E-state index contributed by atoms with van der Waals surface area (Å²) in [4.78, 5) is 24.6. The Morgan fingerprint density at radius 3 is 2.59 bits per heavy atom. The number of unbranched alkanes of at least 4 members (excludes halogenated alkanes) is 2. The van der Waals surface area contributed by atoms with Crippen LogP contribution in [0.5, 0.6) is 0 Å². The number of nitriles is 1. The Morgan fingerprint density at radius 2 is 2.00 bits per heavy atom. The highest BCUT2D eigenvalue weighted by Gasteiger charge is 1.99. The molecule has 1 aromatic rings. The third-order valence-electron chi connectivity index (χ3n) is 2.13. The molecule has 0 aliphatic rings. The zero-order valence-corrected chi connectivity index (χ0v) is 10.6. The predicted molar refractivity (Wildman–Crippen MR) is 66.9 cm³/mol. The Morgan fingerprint density at radius 1 is 1.35 bits per heavy atom. The maximum absolute atomic E-state index is 11.3. The zero-order chi connectivity index (χ0) is 13.3. The van der Waals surface area contributed by atoms with Crippen LogP contribution in [0, 0.1) is 18.3 Å². The van der Waals surface area contributed by atoms with E-state index in [9.17, 15) is 9.59 Å². The van der Waals surface area contributed by atoms with Crippen molar-refractivity contribution in [1.82, 2.24) is 9.55 Å². The molecule has 1 aromatic heterocycles. The van der Waals surface area contributed by atoms with Crippen molar-refractivity contribution in [2.24, 2.45) is 0 Å². The van der Waals surface area contributed by atoms with Crippen molar-refractivity contribution in [3.63, 3.8) is 0 Å². The molecule has 94 valence electrons. The van der Waals surface area contributed by atoms with Gasteiger partial charge in [0.15, 0.2) is 0 Å². The number of aryl methyl sites for hydroxylation is 2. The van der Waals surface area contributed by atoms with Gasteiger partial charge in [0.05, 0.1) is 6.07 Å². The Bertz CT molecular complexity index is 480. The molecule has 1 rings (SSSR count). The lowest BCUT2D eigenvalue weighted by Crippen LogP contribution is -2.30. The van der Waals surface area contributed by atoms with Crippen LogP contribution in [-0.4, -0.2) is 9.55 Å². The fraction of sp³-hybridized carbons (Fsp3) is 0.583. The number of nitrogens with zero attached hydrogens (tertiary/aromatic N) is 2. The highest BCUT2D eigenvalue weighted by atomic mass is 16.2. The first-order chi connectivity index (χ1) is 8.15. The normalized spacial score (nSPS) is 9.06. The summed E-state index contributed by atoms with van der Waals surface area (Å²) in [5.74, 6) is 0. The second-order valence-corrected chi connectivity index (χ2v) is 3.38. The third kappa shape index (κ3) is 5.16. The van der Waals surface area contributed by atoms with Crippen molar-refractivity contribution in [2.75, 3.05) is 0 Å². The summed E-state index contributed by atoms with van der Waals surface area (Å²) in [5.41, 5.74) is -0.203. The maximum Gasteiger partial charge on any atom is 0.328 e. The summed E-state index contributed by atoms with van der Waals surface area (Å²) in [7, 11) is 0. The summed E-state index contributed by atoms with van der Waals surface area (Å²) in [6.45, 7) is 6.20. The summed E-state index contributed by atoms with van der Waals surface area (Å²) in [5, 5.41) is 8.33. The van der Waals surface area contributed by atoms with E-state index in [2.05, 4.69) is 4.98 Å². The molecule has 1 heterocycles. The van der Waals surface area contributed by atoms with Gasteiger partial charge in [0.2, 0.25) is 0 Å². The Labute approximate surface area is 101 Å². The summed E-state index contributed by atoms with van der Waals surface area (Å²) >= 11 is 0. The summed E-state index contributed by atoms with van der Waals surface area (Å²) in [6.07, 6.45) is 3.57. The van der Waals surface area contributed by atoms with E-state index >= 15 is 0 Å². The van der Waals surface area contributed by atoms with E-state index in [1.165, 1.54) is 4.57 Å². The molecule has 0 aliphatic carbocycles. The molecule has 0 atom stereocenters. The smallest absolute Gasteiger partial charge is 0.300 e. The minimum Gasteiger partial charge on any atom is -0.300 e. The van der Waals surface area contributed by atoms with Crippen LogP contribution < -0.4 is 11.2 Å². The number of H-pyrrole nitrogens is 1. The molecule has 0 spiro atoms. The van der Waals surface area contributed by atoms with E-state index in [0.717, 1.165) is 12.8 Å². The largest absolute Gasteiger partial charge is 0.328 e. The van der Waals surface area contributed by atoms with Gasteiger partial charge in [-0.25, -0.2) is 4.79 Å². The van der Waals surface area contributed by atoms with Crippen molar-refractivity contribution in [1.29, 1.82) is 5.26 Å². The first kappa shape index (κ1) is 15.2. The molecule has 5 heteroatoms. The molecule has 0 unspecified atom stereocenters. The average molecular weight is 237 g/mol. The van der Waals surface area contributed by atoms with Crippen LogP contribution in [0.15, 0.2) is 15.8 Å². The van der Waals surface area contributed by atoms with Crippen LogP contribution in [0.25, 0.3) is 0 Å². The van der Waals surface area contributed by atoms with Crippen LogP contribution in [0.3, 0.4) is 0 Å². The van der Waals surface area contributed by atoms with E-state index in [-0.39, 0.29) is 11.2 Å². The van der Waals surface area contributed by atoms with E-state index in [0.29, 0.717) is 18.5 Å². The monoisotopic (exact) mass is 237 g/mol. The maximum atomic E-state index is 11.3. The minimum absolute atomic E-state index is 0.340. The average Bonchev–Trinajstić information content (AvgIpc) is 2.33. The van der Waals surface area contributed by atoms with Crippen LogP contribution in [0.4, 0.5) is 0 Å². The molecule has 5 nitrogen and oxygen atoms in total. The Balaban J connectivity index is 0.00000121. The van der Waals surface area contributed by atoms with Gasteiger partial charge in [0.25, 0.3) is 5.56 Å². The van der Waals surface area contributed by atoms with Gasteiger partial charge in [-0.15, -0.1) is 0 Å². The molecule has 17 heavy (non-hydrogen) atoms. The van der Waals surface area contributed by atoms with Crippen molar-refractivity contribution in [3.8, 4) is 6.07 Å². The van der Waals surface area contributed by atoms with Gasteiger partial charge in [0.1, 0.15) is 0 Å². The fourth-order valence-corrected chi connectivity index (χ4v) is 1.27. The molecule has 0 aromatic carbocycles. The lowest BCUT2D eigenvalue weighted by molar-refractivity contribution is 0.582. The lowest BCUT2D eigenvalue weighted by Gasteiger charge is -2.04. The van der Waals surface area contributed by atoms with Gasteiger partial charge in [-0.3, -0.25) is 9.78 Å². The molecule has 0 radical (unpaired) electrons. The van der Waals surface area contributed by atoms with E-state index < -0.39 is 0 Å². The Kier molecular flexibility index (Phi) is 7.44. The lowest BCUT2D eigenvalue weighted by atomic mass is 10.2. The quantitative estimate of drug-likeness (QED) is 0.807. The molecule has 0 saturated carbocycles. The van der Waals surface area contributed by atoms with Crippen molar-refractivity contribution in [2.45, 2.75) is 46.6 Å². The van der Waals surface area contributed by atoms with Crippen LogP contribution in [0.1, 0.15) is 38.7 Å². The zero-order valence-electron chi connectivity index (χ0n) is 10.6. The molecule has 0 aliphatic heterocycles. The van der Waals surface area contributed by atoms with Gasteiger partial charge >= 0.3 is 5.69 Å². The second kappa shape index (κ2) is 8.34. The molecular formula is C12H19N3O2. The third-order valence-corrected chi connectivity index (χ3v) is 2.13. The highest BCUT2D eigenvalue weighted by molar-refractivity contribution is 5.00. The van der Waals surface area contributed by atoms with Gasteiger partial charge in [-0.2, -0.15) is 5.26 Å². The van der Waals surface area contributed by atoms with Crippen LogP contribution >= 0.6 is 0 Å². The molecule has 0 saturated heterocycles. The predicted octanol–water partition coefficient (Wildman–Crippen LogP) is 1.57. The summed E-state index contributed by atoms with van der Waals surface area (Å²) in [6, 6.07) is 2.04. The summed E-state index contributed by atoms with van der Waals surface area (Å²) < 4.78 is 1.47. The number of aromatic amines is 1.